The van der Waals surface area contributed by atoms with Crippen molar-refractivity contribution in [1.82, 2.24) is 14.7 Å². The van der Waals surface area contributed by atoms with Crippen molar-refractivity contribution in [2.75, 3.05) is 13.2 Å². The molecule has 2 aromatic rings. The van der Waals surface area contributed by atoms with Gasteiger partial charge in [-0.3, -0.25) is 9.69 Å². The van der Waals surface area contributed by atoms with E-state index in [1.54, 1.807) is 27.7 Å². The van der Waals surface area contributed by atoms with Gasteiger partial charge < -0.3 is 9.47 Å². The molecule has 1 amide bonds. The van der Waals surface area contributed by atoms with Crippen LogP contribution in [0.4, 0.5) is 18.0 Å². The van der Waals surface area contributed by atoms with Gasteiger partial charge in [-0.25, -0.2) is 27.4 Å². The van der Waals surface area contributed by atoms with Crippen LogP contribution >= 0.6 is 15.9 Å². The van der Waals surface area contributed by atoms with Gasteiger partial charge in [-0.15, -0.1) is 0 Å². The average Bonchev–Trinajstić information content (AvgIpc) is 3.34. The van der Waals surface area contributed by atoms with E-state index in [-0.39, 0.29) is 36.0 Å². The maximum atomic E-state index is 14.4. The Bertz CT molecular complexity index is 1150. The Balaban J connectivity index is 2.08. The van der Waals surface area contributed by atoms with Crippen LogP contribution in [0.3, 0.4) is 0 Å². The number of alkyl halides is 3. The summed E-state index contributed by atoms with van der Waals surface area (Å²) in [5.74, 6) is -1.84. The molecule has 8 nitrogen and oxygen atoms in total. The van der Waals surface area contributed by atoms with E-state index in [9.17, 15) is 27.6 Å². The number of fused-ring (bicyclic) bond motifs is 1. The van der Waals surface area contributed by atoms with Crippen molar-refractivity contribution in [2.24, 2.45) is 0 Å². The number of aromatic nitrogens is 2. The Morgan fingerprint density at radius 1 is 1.29 bits per heavy atom. The number of nitrogens with zero attached hydrogens (tertiary/aromatic N) is 3. The lowest BCUT2D eigenvalue weighted by Crippen LogP contribution is -2.47. The lowest BCUT2D eigenvalue weighted by atomic mass is 10.0. The summed E-state index contributed by atoms with van der Waals surface area (Å²) in [6.45, 7) is 7.62. The van der Waals surface area contributed by atoms with Gasteiger partial charge in [0, 0.05) is 28.0 Å². The Morgan fingerprint density at radius 2 is 1.94 bits per heavy atom. The van der Waals surface area contributed by atoms with Crippen LogP contribution in [0.2, 0.25) is 0 Å². The molecule has 1 aromatic carbocycles. The summed E-state index contributed by atoms with van der Waals surface area (Å²) in [5.41, 5.74) is -0.539. The third kappa shape index (κ3) is 5.62. The van der Waals surface area contributed by atoms with Crippen molar-refractivity contribution >= 4 is 44.7 Å². The first-order valence-electron chi connectivity index (χ1n) is 11.0. The van der Waals surface area contributed by atoms with Crippen molar-refractivity contribution in [2.45, 2.75) is 71.3 Å². The smallest absolute Gasteiger partial charge is 0.411 e. The van der Waals surface area contributed by atoms with Crippen molar-refractivity contribution < 1.29 is 37.0 Å². The monoisotopic (exact) mass is 561 g/mol. The molecule has 1 saturated heterocycles. The fraction of sp³-hybridized carbons (Fsp3) is 0.565. The molecule has 12 heteroatoms. The van der Waals surface area contributed by atoms with Gasteiger partial charge in [0.25, 0.3) is 6.43 Å². The van der Waals surface area contributed by atoms with Gasteiger partial charge in [-0.1, -0.05) is 15.9 Å². The number of amides is 1. The van der Waals surface area contributed by atoms with E-state index in [1.807, 2.05) is 0 Å². The Hall–Kier alpha value is -2.63. The molecule has 1 aliphatic rings. The molecule has 1 fully saturated rings. The van der Waals surface area contributed by atoms with Gasteiger partial charge in [0.05, 0.1) is 24.7 Å². The van der Waals surface area contributed by atoms with Gasteiger partial charge >= 0.3 is 12.1 Å². The normalized spacial score (nSPS) is 19.3. The first kappa shape index (κ1) is 27.0. The number of esters is 1. The summed E-state index contributed by atoms with van der Waals surface area (Å²) in [7, 11) is 0. The Labute approximate surface area is 208 Å². The highest BCUT2D eigenvalue weighted by Crippen LogP contribution is 2.35. The summed E-state index contributed by atoms with van der Waals surface area (Å²) in [4.78, 5) is 40.1. The molecule has 35 heavy (non-hydrogen) atoms. The lowest BCUT2D eigenvalue weighted by molar-refractivity contribution is -0.152. The largest absolute Gasteiger partial charge is 0.464 e. The number of hydrogen-bond acceptors (Lipinski definition) is 6. The number of hydrogen-bond donors (Lipinski definition) is 0. The van der Waals surface area contributed by atoms with Crippen LogP contribution in [0.1, 0.15) is 57.7 Å². The van der Waals surface area contributed by atoms with Crippen LogP contribution in [0.15, 0.2) is 16.7 Å². The van der Waals surface area contributed by atoms with Gasteiger partial charge in [0.1, 0.15) is 11.8 Å². The molecule has 0 N–H and O–H groups in total. The van der Waals surface area contributed by atoms with E-state index >= 15 is 0 Å². The second kappa shape index (κ2) is 10.2. The topological polar surface area (TPSA) is 90.7 Å². The number of halogens is 4. The van der Waals surface area contributed by atoms with E-state index in [4.69, 9.17) is 9.47 Å². The van der Waals surface area contributed by atoms with Crippen molar-refractivity contribution in [3.63, 3.8) is 0 Å². The molecule has 0 saturated carbocycles. The number of benzene rings is 1. The predicted molar refractivity (Wildman–Crippen MR) is 124 cm³/mol. The van der Waals surface area contributed by atoms with Crippen LogP contribution in [0.25, 0.3) is 10.9 Å². The maximum Gasteiger partial charge on any atom is 0.411 e. The summed E-state index contributed by atoms with van der Waals surface area (Å²) in [6, 6.07) is -1.79. The van der Waals surface area contributed by atoms with E-state index in [0.717, 1.165) is 9.58 Å². The molecular weight excluding hydrogens is 535 g/mol. The minimum Gasteiger partial charge on any atom is -0.464 e. The quantitative estimate of drug-likeness (QED) is 0.361. The second-order valence-corrected chi connectivity index (χ2v) is 10.1. The third-order valence-corrected chi connectivity index (χ3v) is 6.35. The number of aryl methyl sites for hydroxylation is 1. The Kier molecular flexibility index (Phi) is 7.83. The van der Waals surface area contributed by atoms with E-state index in [0.29, 0.717) is 10.0 Å². The van der Waals surface area contributed by atoms with E-state index < -0.39 is 48.1 Å². The molecule has 192 valence electrons. The molecule has 0 spiro atoms. The van der Waals surface area contributed by atoms with Gasteiger partial charge in [0.15, 0.2) is 5.78 Å². The van der Waals surface area contributed by atoms with Crippen LogP contribution in [-0.4, -0.2) is 63.5 Å². The molecule has 1 unspecified atom stereocenters. The minimum atomic E-state index is -2.84. The SMILES string of the molecule is CCOC(=O)C(C(=O)[C@@H]1C[C@@H](F)CN1C(=O)OC(C)(C)C)n1cc2c(C(F)F)cc(Br)c(C)c2n1. The van der Waals surface area contributed by atoms with Crippen LogP contribution in [0, 0.1) is 6.92 Å². The van der Waals surface area contributed by atoms with Gasteiger partial charge in [0.2, 0.25) is 6.04 Å². The fourth-order valence-electron chi connectivity index (χ4n) is 3.96. The number of carbonyl (C=O) groups is 3. The highest BCUT2D eigenvalue weighted by Gasteiger charge is 2.46. The van der Waals surface area contributed by atoms with Crippen molar-refractivity contribution in [3.8, 4) is 0 Å². The number of rotatable bonds is 6. The summed E-state index contributed by atoms with van der Waals surface area (Å²) < 4.78 is 53.5. The van der Waals surface area contributed by atoms with Gasteiger partial charge in [-0.2, -0.15) is 5.10 Å². The zero-order valence-corrected chi connectivity index (χ0v) is 21.6. The van der Waals surface area contributed by atoms with Gasteiger partial charge in [-0.05, 0) is 46.2 Å². The number of carbonyl (C=O) groups excluding carboxylic acids is 3. The molecule has 0 bridgehead atoms. The third-order valence-electron chi connectivity index (χ3n) is 5.52. The highest BCUT2D eigenvalue weighted by atomic mass is 79.9. The molecule has 1 aliphatic heterocycles. The van der Waals surface area contributed by atoms with Crippen LogP contribution in [-0.2, 0) is 19.1 Å². The summed E-state index contributed by atoms with van der Waals surface area (Å²) in [6.07, 6.45) is -4.42. The van der Waals surface area contributed by atoms with Crippen molar-refractivity contribution in [1.29, 1.82) is 0 Å². The fourth-order valence-corrected chi connectivity index (χ4v) is 4.40. The summed E-state index contributed by atoms with van der Waals surface area (Å²) in [5, 5.41) is 4.32. The van der Waals surface area contributed by atoms with Crippen LogP contribution < -0.4 is 0 Å². The number of Topliss-reactive ketones (excluding diaryl/α,β-unsaturated/α-hetero) is 1. The van der Waals surface area contributed by atoms with Crippen LogP contribution in [0.5, 0.6) is 0 Å². The zero-order chi connectivity index (χ0) is 26.2. The first-order valence-corrected chi connectivity index (χ1v) is 11.8. The first-order chi connectivity index (χ1) is 16.2. The summed E-state index contributed by atoms with van der Waals surface area (Å²) >= 11 is 3.23. The molecule has 1 aromatic heterocycles. The Morgan fingerprint density at radius 3 is 2.51 bits per heavy atom. The zero-order valence-electron chi connectivity index (χ0n) is 20.0. The number of ether oxygens (including phenoxy) is 2. The van der Waals surface area contributed by atoms with E-state index in [1.165, 1.54) is 19.2 Å². The number of likely N-dealkylation sites (tertiary alicyclic amines) is 1. The second-order valence-electron chi connectivity index (χ2n) is 9.28. The molecular formula is C23H27BrF3N3O5. The highest BCUT2D eigenvalue weighted by molar-refractivity contribution is 9.10. The maximum absolute atomic E-state index is 14.4. The predicted octanol–water partition coefficient (Wildman–Crippen LogP) is 5.07. The molecule has 0 aliphatic carbocycles. The lowest BCUT2D eigenvalue weighted by Gasteiger charge is -2.29. The molecule has 0 radical (unpaired) electrons. The number of ketones is 1. The van der Waals surface area contributed by atoms with Crippen molar-refractivity contribution in [3.05, 3.63) is 27.9 Å². The minimum absolute atomic E-state index is 0.0570. The molecule has 3 atom stereocenters. The molecule has 3 rings (SSSR count). The molecule has 2 heterocycles. The average molecular weight is 562 g/mol. The van der Waals surface area contributed by atoms with E-state index in [2.05, 4.69) is 21.0 Å². The standard InChI is InChI=1S/C23H27BrF3N3O5/c1-6-34-21(32)18(19(31)16-7-12(25)9-29(16)22(33)35-23(3,4)5)30-10-14-13(20(26)27)8-15(24)11(2)17(14)28-30/h8,10,12,16,18,20H,6-7,9H2,1-5H3/t12-,16+,18?/m1/s1.